The number of rotatable bonds is 4. The van der Waals surface area contributed by atoms with Gasteiger partial charge in [-0.15, -0.1) is 9.81 Å². The summed E-state index contributed by atoms with van der Waals surface area (Å²) in [4.78, 5) is 19.3. The van der Waals surface area contributed by atoms with Crippen molar-refractivity contribution in [3.8, 4) is 0 Å². The van der Waals surface area contributed by atoms with Crippen LogP contribution in [0.3, 0.4) is 0 Å². The van der Waals surface area contributed by atoms with Gasteiger partial charge in [0.15, 0.2) is 0 Å². The van der Waals surface area contributed by atoms with Crippen molar-refractivity contribution in [2.75, 3.05) is 0 Å². The Kier molecular flexibility index (Phi) is 35.2. The van der Waals surface area contributed by atoms with Gasteiger partial charge in [-0.2, -0.15) is 0 Å². The second-order valence-electron chi connectivity index (χ2n) is 3.26. The van der Waals surface area contributed by atoms with Gasteiger partial charge in [0.05, 0.1) is 34.1 Å². The van der Waals surface area contributed by atoms with Crippen molar-refractivity contribution < 1.29 is 53.8 Å². The van der Waals surface area contributed by atoms with Crippen molar-refractivity contribution in [2.24, 2.45) is 10.4 Å². The van der Waals surface area contributed by atoms with E-state index in [0.717, 1.165) is 0 Å². The number of hydrogen-bond donors (Lipinski definition) is 6. The number of allylic oxidation sites excluding steroid dienone is 4. The van der Waals surface area contributed by atoms with Crippen molar-refractivity contribution >= 4 is 22.7 Å². The van der Waals surface area contributed by atoms with Crippen LogP contribution in [0.15, 0.2) is 33.1 Å². The topological polar surface area (TPSA) is 244 Å². The zero-order chi connectivity index (χ0) is 20.3. The molecule has 1 radical (unpaired) electrons. The second-order valence-corrected chi connectivity index (χ2v) is 4.13. The molecule has 2 unspecified atom stereocenters. The molecule has 6 N–H and O–H groups in total. The van der Waals surface area contributed by atoms with Crippen LogP contribution in [-0.2, 0) is 39.5 Å². The quantitative estimate of drug-likeness (QED) is 0.195. The predicted octanol–water partition coefficient (Wildman–Crippen LogP) is 0.641. The Morgan fingerprint density at radius 3 is 1.00 bits per heavy atom. The molecule has 0 saturated heterocycles. The summed E-state index contributed by atoms with van der Waals surface area (Å²) in [7, 11) is 0. The summed E-state index contributed by atoms with van der Waals surface area (Å²) in [5, 5.41) is 21.4. The molecule has 17 heteroatoms. The third-order valence-electron chi connectivity index (χ3n) is 1.69. The maximum atomic E-state index is 9.65. The summed E-state index contributed by atoms with van der Waals surface area (Å²) < 4.78 is 48.2. The molecular weight excluding hydrogens is 435 g/mol. The van der Waals surface area contributed by atoms with Crippen molar-refractivity contribution in [1.82, 2.24) is 11.0 Å². The molecule has 0 fully saturated rings. The van der Waals surface area contributed by atoms with Crippen LogP contribution >= 0.6 is 0 Å². The minimum Gasteiger partial charge on any atom is -0.750 e. The van der Waals surface area contributed by atoms with Crippen LogP contribution in [0.5, 0.6) is 0 Å². The molecule has 0 aromatic rings. The SMILES string of the molecule is C/C(N=O)=C(\C)NO.C/C(N=O)=C(\C)NO.O=S([O-])O.O=S([O-])O.[Co+2]. The maximum absolute atomic E-state index is 9.65. The monoisotopic (exact) mass is 453 g/mol. The van der Waals surface area contributed by atoms with E-state index in [9.17, 15) is 9.81 Å². The number of nitrogens with zero attached hydrogens (tertiary/aromatic N) is 2. The summed E-state index contributed by atoms with van der Waals surface area (Å²) in [6.45, 7) is 6.12. The summed E-state index contributed by atoms with van der Waals surface area (Å²) in [6.07, 6.45) is 0. The van der Waals surface area contributed by atoms with Gasteiger partial charge in [0.25, 0.3) is 0 Å². The summed E-state index contributed by atoms with van der Waals surface area (Å²) in [5.41, 5.74) is 4.87. The Labute approximate surface area is 158 Å². The van der Waals surface area contributed by atoms with Gasteiger partial charge in [-0.05, 0) is 38.0 Å². The Balaban J connectivity index is -0.0000000739. The number of hydrogen-bond acceptors (Lipinski definition) is 12. The average molecular weight is 453 g/mol. The zero-order valence-electron chi connectivity index (χ0n) is 13.3. The first-order chi connectivity index (χ1) is 10.9. The van der Waals surface area contributed by atoms with Crippen molar-refractivity contribution in [1.29, 1.82) is 0 Å². The van der Waals surface area contributed by atoms with Crippen LogP contribution in [0.1, 0.15) is 27.7 Å². The van der Waals surface area contributed by atoms with Gasteiger partial charge >= 0.3 is 16.8 Å². The summed E-state index contributed by atoms with van der Waals surface area (Å²) in [6, 6.07) is 0. The summed E-state index contributed by atoms with van der Waals surface area (Å²) >= 11 is -5.72. The van der Waals surface area contributed by atoms with Gasteiger partial charge in [0, 0.05) is 0 Å². The molecule has 0 aromatic carbocycles. The molecule has 0 heterocycles. The van der Waals surface area contributed by atoms with Crippen molar-refractivity contribution in [2.45, 2.75) is 27.7 Å². The van der Waals surface area contributed by atoms with Gasteiger partial charge < -0.3 is 18.2 Å². The van der Waals surface area contributed by atoms with Gasteiger partial charge in [-0.1, -0.05) is 0 Å². The normalized spacial score (nSPS) is 12.9. The van der Waals surface area contributed by atoms with Crippen LogP contribution < -0.4 is 11.0 Å². The molecule has 14 nitrogen and oxygen atoms in total. The van der Waals surface area contributed by atoms with Gasteiger partial charge in [0.2, 0.25) is 0 Å². The fourth-order valence-corrected chi connectivity index (χ4v) is 0.299. The third-order valence-corrected chi connectivity index (χ3v) is 1.69. The van der Waals surface area contributed by atoms with Crippen LogP contribution in [0.2, 0.25) is 0 Å². The third kappa shape index (κ3) is 45.0. The van der Waals surface area contributed by atoms with E-state index in [2.05, 4.69) is 10.4 Å². The molecule has 25 heavy (non-hydrogen) atoms. The number of nitroso groups, excluding NO2 is 2. The van der Waals surface area contributed by atoms with E-state index in [1.54, 1.807) is 24.8 Å². The molecule has 0 spiro atoms. The molecule has 0 rings (SSSR count). The van der Waals surface area contributed by atoms with E-state index < -0.39 is 22.7 Å². The number of nitrogens with one attached hydrogen (secondary N) is 2. The first-order valence-electron chi connectivity index (χ1n) is 5.29. The van der Waals surface area contributed by atoms with Gasteiger partial charge in [-0.25, -0.2) is 8.42 Å². The van der Waals surface area contributed by atoms with E-state index in [1.807, 2.05) is 0 Å². The molecule has 0 aliphatic rings. The van der Waals surface area contributed by atoms with E-state index in [-0.39, 0.29) is 28.2 Å². The standard InChI is InChI=1S/2C4H8N2O2.Co.2H2O3S/c2*1-3(5-7)4(2)6-8;;2*1-4(2)3/h2*5,7H,1-2H3;;2*(H2,1,2,3)/q;;+2;;/p-2/b2*4-3-;;;. The molecule has 0 aliphatic carbocycles. The fourth-order valence-electron chi connectivity index (χ4n) is 0.299. The first kappa shape index (κ1) is 35.0. The van der Waals surface area contributed by atoms with E-state index in [4.69, 9.17) is 37.0 Å². The van der Waals surface area contributed by atoms with E-state index >= 15 is 0 Å². The minimum absolute atomic E-state index is 0. The molecule has 0 aromatic heterocycles. The second kappa shape index (κ2) is 25.1. The fraction of sp³-hybridized carbons (Fsp3) is 0.500. The molecule has 0 aliphatic heterocycles. The van der Waals surface area contributed by atoms with Crippen LogP contribution in [-0.4, -0.2) is 37.0 Å². The van der Waals surface area contributed by atoms with Gasteiger partial charge in [0.1, 0.15) is 11.4 Å². The molecular formula is C8H18CoN4O10S2. The molecule has 0 bridgehead atoms. The molecule has 151 valence electrons. The smallest absolute Gasteiger partial charge is 0.750 e. The maximum Gasteiger partial charge on any atom is 2.00 e. The van der Waals surface area contributed by atoms with Gasteiger partial charge in [-0.3, -0.25) is 21.4 Å². The Morgan fingerprint density at radius 2 is 0.960 bits per heavy atom. The Bertz CT molecular complexity index is 424. The first-order valence-corrected chi connectivity index (χ1v) is 7.36. The van der Waals surface area contributed by atoms with E-state index in [0.29, 0.717) is 11.4 Å². The minimum atomic E-state index is -2.86. The summed E-state index contributed by atoms with van der Waals surface area (Å²) in [5.74, 6) is 0. The molecule has 2 atom stereocenters. The van der Waals surface area contributed by atoms with Crippen molar-refractivity contribution in [3.63, 3.8) is 0 Å². The van der Waals surface area contributed by atoms with Crippen LogP contribution in [0, 0.1) is 9.81 Å². The van der Waals surface area contributed by atoms with Crippen LogP contribution in [0.25, 0.3) is 0 Å². The predicted molar refractivity (Wildman–Crippen MR) is 81.3 cm³/mol. The Hall–Kier alpha value is -1.15. The molecule has 0 amide bonds. The van der Waals surface area contributed by atoms with E-state index in [1.165, 1.54) is 13.8 Å². The largest absolute Gasteiger partial charge is 2.00 e. The number of hydroxylamine groups is 2. The molecule has 0 saturated carbocycles. The van der Waals surface area contributed by atoms with Crippen molar-refractivity contribution in [3.05, 3.63) is 32.6 Å². The average Bonchev–Trinajstić information content (AvgIpc) is 2.51. The zero-order valence-corrected chi connectivity index (χ0v) is 16.0. The van der Waals surface area contributed by atoms with Crippen LogP contribution in [0.4, 0.5) is 0 Å². The Morgan fingerprint density at radius 1 is 0.800 bits per heavy atom.